The lowest BCUT2D eigenvalue weighted by molar-refractivity contribution is -0.142. The minimum atomic E-state index is -1.14. The van der Waals surface area contributed by atoms with Crippen molar-refractivity contribution in [3.8, 4) is 5.75 Å². The summed E-state index contributed by atoms with van der Waals surface area (Å²) in [6.45, 7) is 3.03. The van der Waals surface area contributed by atoms with Gasteiger partial charge in [-0.05, 0) is 31.0 Å². The molecule has 0 saturated carbocycles. The van der Waals surface area contributed by atoms with Crippen molar-refractivity contribution in [2.75, 3.05) is 6.61 Å². The van der Waals surface area contributed by atoms with Crippen LogP contribution in [0, 0.1) is 5.82 Å². The molecule has 1 aromatic carbocycles. The molecule has 1 rings (SSSR count). The molecule has 1 aromatic rings. The summed E-state index contributed by atoms with van der Waals surface area (Å²) in [5.41, 5.74) is 0. The Morgan fingerprint density at radius 2 is 2.24 bits per heavy atom. The molecule has 1 atom stereocenters. The Kier molecular flexibility index (Phi) is 6.87. The van der Waals surface area contributed by atoms with Crippen LogP contribution in [0.4, 0.5) is 4.39 Å². The van der Waals surface area contributed by atoms with E-state index in [1.807, 2.05) is 0 Å². The smallest absolute Gasteiger partial charge is 0.326 e. The van der Waals surface area contributed by atoms with E-state index in [-0.39, 0.29) is 12.2 Å². The first-order valence-corrected chi connectivity index (χ1v) is 6.94. The maximum Gasteiger partial charge on any atom is 0.326 e. The number of carbonyl (C=O) groups excluding carboxylic acids is 1. The lowest BCUT2D eigenvalue weighted by Gasteiger charge is -2.14. The summed E-state index contributed by atoms with van der Waals surface area (Å²) < 4.78 is 19.0. The van der Waals surface area contributed by atoms with E-state index < -0.39 is 30.3 Å². The number of halogens is 2. The molecule has 21 heavy (non-hydrogen) atoms. The average molecular weight is 360 g/mol. The second-order valence-corrected chi connectivity index (χ2v) is 5.10. The lowest BCUT2D eigenvalue weighted by Crippen LogP contribution is -2.42. The van der Waals surface area contributed by atoms with Crippen LogP contribution in [0.15, 0.2) is 35.3 Å². The highest BCUT2D eigenvalue weighted by Gasteiger charge is 2.19. The van der Waals surface area contributed by atoms with Gasteiger partial charge in [0.15, 0.2) is 18.2 Å². The Labute approximate surface area is 129 Å². The Morgan fingerprint density at radius 1 is 1.52 bits per heavy atom. The predicted octanol–water partition coefficient (Wildman–Crippen LogP) is 2.50. The third kappa shape index (κ3) is 5.95. The van der Waals surface area contributed by atoms with Crippen molar-refractivity contribution in [2.24, 2.45) is 0 Å². The molecule has 1 amide bonds. The zero-order valence-corrected chi connectivity index (χ0v) is 12.7. The molecule has 0 bridgehead atoms. The lowest BCUT2D eigenvalue weighted by atomic mass is 10.1. The van der Waals surface area contributed by atoms with Crippen LogP contribution < -0.4 is 10.1 Å². The average Bonchev–Trinajstić information content (AvgIpc) is 2.42. The Hall–Kier alpha value is -1.89. The first-order valence-electron chi connectivity index (χ1n) is 6.15. The molecule has 0 aliphatic rings. The van der Waals surface area contributed by atoms with Crippen LogP contribution in [-0.2, 0) is 9.59 Å². The van der Waals surface area contributed by atoms with E-state index in [2.05, 4.69) is 27.8 Å². The number of nitrogens with one attached hydrogen (secondary N) is 1. The monoisotopic (exact) mass is 359 g/mol. The van der Waals surface area contributed by atoms with E-state index in [9.17, 15) is 14.0 Å². The number of carboxylic acids is 1. The van der Waals surface area contributed by atoms with Crippen molar-refractivity contribution < 1.29 is 23.8 Å². The van der Waals surface area contributed by atoms with E-state index in [0.717, 1.165) is 0 Å². The zero-order chi connectivity index (χ0) is 15.8. The first kappa shape index (κ1) is 17.2. The maximum atomic E-state index is 13.5. The molecule has 0 aromatic heterocycles. The van der Waals surface area contributed by atoms with Crippen molar-refractivity contribution in [1.29, 1.82) is 0 Å². The number of allylic oxidation sites excluding steroid dienone is 1. The van der Waals surface area contributed by atoms with Crippen LogP contribution in [-0.4, -0.2) is 29.6 Å². The molecule has 0 fully saturated rings. The van der Waals surface area contributed by atoms with Crippen LogP contribution in [0.3, 0.4) is 0 Å². The fraction of sp³-hybridized carbons (Fsp3) is 0.286. The SMILES string of the molecule is C=CCCC(NC(=O)COc1ccc(Br)cc1F)C(=O)O. The second-order valence-electron chi connectivity index (χ2n) is 4.19. The minimum Gasteiger partial charge on any atom is -0.481 e. The summed E-state index contributed by atoms with van der Waals surface area (Å²) in [5.74, 6) is -2.46. The predicted molar refractivity (Wildman–Crippen MR) is 78.6 cm³/mol. The van der Waals surface area contributed by atoms with Crippen LogP contribution in [0.5, 0.6) is 5.75 Å². The van der Waals surface area contributed by atoms with Gasteiger partial charge < -0.3 is 15.2 Å². The van der Waals surface area contributed by atoms with Crippen molar-refractivity contribution in [2.45, 2.75) is 18.9 Å². The molecule has 0 aliphatic heterocycles. The maximum absolute atomic E-state index is 13.5. The Balaban J connectivity index is 2.52. The fourth-order valence-corrected chi connectivity index (χ4v) is 1.85. The molecule has 0 saturated heterocycles. The number of rotatable bonds is 8. The highest BCUT2D eigenvalue weighted by molar-refractivity contribution is 9.10. The van der Waals surface area contributed by atoms with Gasteiger partial charge in [-0.2, -0.15) is 0 Å². The quantitative estimate of drug-likeness (QED) is 0.699. The third-order valence-corrected chi connectivity index (χ3v) is 3.04. The minimum absolute atomic E-state index is 0.0775. The van der Waals surface area contributed by atoms with Crippen LogP contribution in [0.25, 0.3) is 0 Å². The number of hydrogen-bond acceptors (Lipinski definition) is 3. The summed E-state index contributed by atoms with van der Waals surface area (Å²) in [6.07, 6.45) is 2.26. The first-order chi connectivity index (χ1) is 9.93. The highest BCUT2D eigenvalue weighted by Crippen LogP contribution is 2.21. The summed E-state index contributed by atoms with van der Waals surface area (Å²) in [4.78, 5) is 22.6. The molecule has 114 valence electrons. The number of carbonyl (C=O) groups is 2. The van der Waals surface area contributed by atoms with Crippen molar-refractivity contribution in [1.82, 2.24) is 5.32 Å². The largest absolute Gasteiger partial charge is 0.481 e. The second kappa shape index (κ2) is 8.41. The summed E-state index contributed by atoms with van der Waals surface area (Å²) in [6, 6.07) is 3.13. The number of carboxylic acid groups (broad SMARTS) is 1. The van der Waals surface area contributed by atoms with Gasteiger partial charge in [-0.25, -0.2) is 9.18 Å². The molecule has 0 aliphatic carbocycles. The van der Waals surface area contributed by atoms with Crippen molar-refractivity contribution >= 4 is 27.8 Å². The van der Waals surface area contributed by atoms with Crippen molar-refractivity contribution in [3.63, 3.8) is 0 Å². The van der Waals surface area contributed by atoms with E-state index in [1.54, 1.807) is 12.1 Å². The van der Waals surface area contributed by atoms with E-state index in [0.29, 0.717) is 10.9 Å². The van der Waals surface area contributed by atoms with Gasteiger partial charge in [0.25, 0.3) is 5.91 Å². The molecule has 5 nitrogen and oxygen atoms in total. The molecule has 1 unspecified atom stereocenters. The van der Waals surface area contributed by atoms with Gasteiger partial charge in [0.2, 0.25) is 0 Å². The summed E-state index contributed by atoms with van der Waals surface area (Å²) in [7, 11) is 0. The van der Waals surface area contributed by atoms with Crippen LogP contribution in [0.1, 0.15) is 12.8 Å². The molecule has 0 radical (unpaired) electrons. The summed E-state index contributed by atoms with van der Waals surface area (Å²) >= 11 is 3.10. The fourth-order valence-electron chi connectivity index (χ4n) is 1.51. The zero-order valence-electron chi connectivity index (χ0n) is 11.1. The Morgan fingerprint density at radius 3 is 2.81 bits per heavy atom. The highest BCUT2D eigenvalue weighted by atomic mass is 79.9. The van der Waals surface area contributed by atoms with Crippen LogP contribution >= 0.6 is 15.9 Å². The van der Waals surface area contributed by atoms with E-state index >= 15 is 0 Å². The normalized spacial score (nSPS) is 11.5. The topological polar surface area (TPSA) is 75.6 Å². The number of benzene rings is 1. The van der Waals surface area contributed by atoms with Crippen LogP contribution in [0.2, 0.25) is 0 Å². The molecule has 0 spiro atoms. The molecule has 0 heterocycles. The third-order valence-electron chi connectivity index (χ3n) is 2.55. The van der Waals surface area contributed by atoms with Gasteiger partial charge >= 0.3 is 5.97 Å². The van der Waals surface area contributed by atoms with E-state index in [1.165, 1.54) is 12.1 Å². The van der Waals surface area contributed by atoms with Gasteiger partial charge in [-0.1, -0.05) is 22.0 Å². The number of aliphatic carboxylic acids is 1. The number of hydrogen-bond donors (Lipinski definition) is 2. The van der Waals surface area contributed by atoms with Gasteiger partial charge in [0.05, 0.1) is 0 Å². The molecular formula is C14H15BrFNO4. The summed E-state index contributed by atoms with van der Waals surface area (Å²) in [5, 5.41) is 11.3. The van der Waals surface area contributed by atoms with E-state index in [4.69, 9.17) is 9.84 Å². The van der Waals surface area contributed by atoms with Gasteiger partial charge in [-0.3, -0.25) is 4.79 Å². The van der Waals surface area contributed by atoms with Gasteiger partial charge in [0, 0.05) is 4.47 Å². The molecule has 2 N–H and O–H groups in total. The van der Waals surface area contributed by atoms with Gasteiger partial charge in [-0.15, -0.1) is 6.58 Å². The molecule has 7 heteroatoms. The number of ether oxygens (including phenoxy) is 1. The Bertz CT molecular complexity index is 536. The van der Waals surface area contributed by atoms with Gasteiger partial charge in [0.1, 0.15) is 6.04 Å². The molecular weight excluding hydrogens is 345 g/mol. The standard InChI is InChI=1S/C14H15BrFNO4/c1-2-3-4-11(14(19)20)17-13(18)8-21-12-6-5-9(15)7-10(12)16/h2,5-7,11H,1,3-4,8H2,(H,17,18)(H,19,20). The van der Waals surface area contributed by atoms with Crippen molar-refractivity contribution in [3.05, 3.63) is 41.1 Å². The number of amides is 1.